The minimum Gasteiger partial charge on any atom is -0.366 e. The molecule has 2 aromatic rings. The Bertz CT molecular complexity index is 606. The number of nitrogens with two attached hydrogens (primary N) is 1. The van der Waals surface area contributed by atoms with Gasteiger partial charge in [0.15, 0.2) is 0 Å². The van der Waals surface area contributed by atoms with Gasteiger partial charge in [0.05, 0.1) is 0 Å². The number of aldehydes is 1. The molecule has 0 bridgehead atoms. The normalized spacial score (nSPS) is 10.1. The number of hydrogen-bond acceptors (Lipinski definition) is 2. The van der Waals surface area contributed by atoms with E-state index in [0.717, 1.165) is 17.4 Å². The first-order valence-electron chi connectivity index (χ1n) is 5.26. The van der Waals surface area contributed by atoms with Crippen molar-refractivity contribution in [3.63, 3.8) is 0 Å². The lowest BCUT2D eigenvalue weighted by Gasteiger charge is -2.04. The molecule has 0 aromatic heterocycles. The zero-order chi connectivity index (χ0) is 13.1. The van der Waals surface area contributed by atoms with E-state index in [-0.39, 0.29) is 0 Å². The zero-order valence-electron chi connectivity index (χ0n) is 9.39. The second kappa shape index (κ2) is 5.02. The van der Waals surface area contributed by atoms with E-state index in [1.807, 2.05) is 0 Å². The molecule has 0 atom stereocenters. The van der Waals surface area contributed by atoms with Crippen LogP contribution >= 0.6 is 11.6 Å². The monoisotopic (exact) mass is 259 g/mol. The van der Waals surface area contributed by atoms with Crippen LogP contribution in [0.1, 0.15) is 20.7 Å². The van der Waals surface area contributed by atoms with E-state index >= 15 is 0 Å². The second-order valence-corrected chi connectivity index (χ2v) is 4.27. The average molecular weight is 260 g/mol. The van der Waals surface area contributed by atoms with Crippen molar-refractivity contribution in [1.82, 2.24) is 0 Å². The molecule has 18 heavy (non-hydrogen) atoms. The number of rotatable bonds is 3. The summed E-state index contributed by atoms with van der Waals surface area (Å²) in [4.78, 5) is 21.7. The van der Waals surface area contributed by atoms with Crippen LogP contribution in [0.4, 0.5) is 0 Å². The second-order valence-electron chi connectivity index (χ2n) is 3.83. The molecular formula is C14H10ClNO2. The van der Waals surface area contributed by atoms with Crippen LogP contribution in [0.2, 0.25) is 5.02 Å². The van der Waals surface area contributed by atoms with Crippen LogP contribution in [-0.2, 0) is 0 Å². The molecule has 2 aromatic carbocycles. The van der Waals surface area contributed by atoms with E-state index in [1.165, 1.54) is 0 Å². The van der Waals surface area contributed by atoms with Crippen LogP contribution < -0.4 is 5.73 Å². The van der Waals surface area contributed by atoms with Crippen molar-refractivity contribution in [1.29, 1.82) is 0 Å². The van der Waals surface area contributed by atoms with Crippen molar-refractivity contribution in [3.8, 4) is 11.1 Å². The molecule has 0 unspecified atom stereocenters. The van der Waals surface area contributed by atoms with E-state index in [0.29, 0.717) is 16.1 Å². The van der Waals surface area contributed by atoms with Gasteiger partial charge in [0.1, 0.15) is 6.29 Å². The number of carbonyl (C=O) groups is 2. The average Bonchev–Trinajstić information content (AvgIpc) is 2.38. The summed E-state index contributed by atoms with van der Waals surface area (Å²) in [5.74, 6) is -0.471. The number of amides is 1. The van der Waals surface area contributed by atoms with Crippen LogP contribution in [-0.4, -0.2) is 12.2 Å². The molecule has 0 spiro atoms. The SMILES string of the molecule is NC(=O)c1ccc(-c2cc(Cl)cc(C=O)c2)cc1. The molecule has 0 fully saturated rings. The Balaban J connectivity index is 2.45. The molecular weight excluding hydrogens is 250 g/mol. The molecule has 0 aliphatic carbocycles. The molecule has 0 saturated carbocycles. The van der Waals surface area contributed by atoms with Crippen molar-refractivity contribution < 1.29 is 9.59 Å². The molecule has 2 N–H and O–H groups in total. The number of halogens is 1. The quantitative estimate of drug-likeness (QED) is 0.862. The van der Waals surface area contributed by atoms with Crippen molar-refractivity contribution in [2.24, 2.45) is 5.73 Å². The van der Waals surface area contributed by atoms with Gasteiger partial charge in [0.25, 0.3) is 0 Å². The molecule has 1 amide bonds. The van der Waals surface area contributed by atoms with Crippen molar-refractivity contribution in [3.05, 3.63) is 58.6 Å². The lowest BCUT2D eigenvalue weighted by Crippen LogP contribution is -2.10. The van der Waals surface area contributed by atoms with E-state index in [4.69, 9.17) is 17.3 Å². The minimum atomic E-state index is -0.471. The van der Waals surface area contributed by atoms with Gasteiger partial charge >= 0.3 is 0 Å². The van der Waals surface area contributed by atoms with Gasteiger partial charge in [-0.3, -0.25) is 9.59 Å². The maximum Gasteiger partial charge on any atom is 0.248 e. The van der Waals surface area contributed by atoms with Gasteiger partial charge in [0, 0.05) is 16.1 Å². The summed E-state index contributed by atoms with van der Waals surface area (Å²) in [7, 11) is 0. The first-order chi connectivity index (χ1) is 8.60. The summed E-state index contributed by atoms with van der Waals surface area (Å²) in [5.41, 5.74) is 7.80. The molecule has 0 aliphatic rings. The highest BCUT2D eigenvalue weighted by Crippen LogP contribution is 2.24. The van der Waals surface area contributed by atoms with Crippen molar-refractivity contribution >= 4 is 23.8 Å². The fourth-order valence-electron chi connectivity index (χ4n) is 1.67. The van der Waals surface area contributed by atoms with Gasteiger partial charge in [-0.15, -0.1) is 0 Å². The smallest absolute Gasteiger partial charge is 0.248 e. The van der Waals surface area contributed by atoms with Gasteiger partial charge in [-0.2, -0.15) is 0 Å². The Kier molecular flexibility index (Phi) is 3.44. The number of hydrogen-bond donors (Lipinski definition) is 1. The summed E-state index contributed by atoms with van der Waals surface area (Å²) >= 11 is 5.93. The Hall–Kier alpha value is -2.13. The summed E-state index contributed by atoms with van der Waals surface area (Å²) < 4.78 is 0. The molecule has 90 valence electrons. The van der Waals surface area contributed by atoms with Gasteiger partial charge in [-0.25, -0.2) is 0 Å². The lowest BCUT2D eigenvalue weighted by molar-refractivity contribution is 0.1000. The fraction of sp³-hybridized carbons (Fsp3) is 0. The minimum absolute atomic E-state index is 0.441. The highest BCUT2D eigenvalue weighted by atomic mass is 35.5. The summed E-state index contributed by atoms with van der Waals surface area (Å²) in [6.45, 7) is 0. The van der Waals surface area contributed by atoms with Crippen LogP contribution in [0.5, 0.6) is 0 Å². The van der Waals surface area contributed by atoms with E-state index in [2.05, 4.69) is 0 Å². The Labute approximate surface area is 109 Å². The molecule has 0 radical (unpaired) electrons. The largest absolute Gasteiger partial charge is 0.366 e. The maximum absolute atomic E-state index is 11.0. The standard InChI is InChI=1S/C14H10ClNO2/c15-13-6-9(8-17)5-12(7-13)10-1-3-11(4-2-10)14(16)18/h1-8H,(H2,16,18). The third-order valence-corrected chi connectivity index (χ3v) is 2.78. The van der Waals surface area contributed by atoms with E-state index in [1.54, 1.807) is 42.5 Å². The van der Waals surface area contributed by atoms with E-state index < -0.39 is 5.91 Å². The number of primary amides is 1. The van der Waals surface area contributed by atoms with Crippen LogP contribution in [0.3, 0.4) is 0 Å². The van der Waals surface area contributed by atoms with Crippen molar-refractivity contribution in [2.45, 2.75) is 0 Å². The molecule has 2 rings (SSSR count). The molecule has 0 saturated heterocycles. The molecule has 0 aliphatic heterocycles. The summed E-state index contributed by atoms with van der Waals surface area (Å²) in [5, 5.41) is 0.494. The topological polar surface area (TPSA) is 60.2 Å². The third kappa shape index (κ3) is 2.57. The predicted octanol–water partition coefficient (Wildman–Crippen LogP) is 2.92. The Morgan fingerprint density at radius 1 is 1.06 bits per heavy atom. The predicted molar refractivity (Wildman–Crippen MR) is 70.8 cm³/mol. The van der Waals surface area contributed by atoms with Gasteiger partial charge in [0.2, 0.25) is 5.91 Å². The van der Waals surface area contributed by atoms with Gasteiger partial charge in [-0.05, 0) is 41.5 Å². The van der Waals surface area contributed by atoms with Gasteiger partial charge < -0.3 is 5.73 Å². The first-order valence-corrected chi connectivity index (χ1v) is 5.64. The summed E-state index contributed by atoms with van der Waals surface area (Å²) in [6.07, 6.45) is 0.743. The number of benzene rings is 2. The van der Waals surface area contributed by atoms with Crippen LogP contribution in [0, 0.1) is 0 Å². The molecule has 0 heterocycles. The zero-order valence-corrected chi connectivity index (χ0v) is 10.1. The first kappa shape index (κ1) is 12.3. The fourth-order valence-corrected chi connectivity index (χ4v) is 1.92. The van der Waals surface area contributed by atoms with Crippen LogP contribution in [0.25, 0.3) is 11.1 Å². The Morgan fingerprint density at radius 2 is 1.72 bits per heavy atom. The third-order valence-electron chi connectivity index (χ3n) is 2.56. The van der Waals surface area contributed by atoms with Crippen molar-refractivity contribution in [2.75, 3.05) is 0 Å². The lowest BCUT2D eigenvalue weighted by atomic mass is 10.0. The van der Waals surface area contributed by atoms with Crippen LogP contribution in [0.15, 0.2) is 42.5 Å². The highest BCUT2D eigenvalue weighted by Gasteiger charge is 2.04. The maximum atomic E-state index is 11.0. The molecule has 4 heteroatoms. The van der Waals surface area contributed by atoms with Gasteiger partial charge in [-0.1, -0.05) is 23.7 Å². The Morgan fingerprint density at radius 3 is 2.28 bits per heavy atom. The van der Waals surface area contributed by atoms with E-state index in [9.17, 15) is 9.59 Å². The summed E-state index contributed by atoms with van der Waals surface area (Å²) in [6, 6.07) is 11.9. The molecule has 3 nitrogen and oxygen atoms in total. The highest BCUT2D eigenvalue weighted by molar-refractivity contribution is 6.31. The number of carbonyl (C=O) groups excluding carboxylic acids is 2.